The van der Waals surface area contributed by atoms with Crippen LogP contribution in [0.25, 0.3) is 16.2 Å². The van der Waals surface area contributed by atoms with Gasteiger partial charge in [0.25, 0.3) is 0 Å². The molecule has 8 nitrogen and oxygen atoms in total. The number of ether oxygens (including phenoxy) is 5. The fourth-order valence-electron chi connectivity index (χ4n) is 3.90. The third-order valence-corrected chi connectivity index (χ3v) is 7.87. The van der Waals surface area contributed by atoms with Crippen LogP contribution in [0.2, 0.25) is 5.02 Å². The molecule has 1 aliphatic rings. The Morgan fingerprint density at radius 1 is 1.00 bits per heavy atom. The first-order valence-electron chi connectivity index (χ1n) is 11.3. The SMILES string of the molecule is COc1cc(C2=N/C(=C/c3cc(Br)ccc3OC(=O)c3sc4ccccc4c3Cl)C(=O)O2)cc(OC)c1OC. The number of thiophene rings is 1. The van der Waals surface area contributed by atoms with Crippen molar-refractivity contribution in [2.75, 3.05) is 21.3 Å². The molecule has 0 radical (unpaired) electrons. The van der Waals surface area contributed by atoms with E-state index in [-0.39, 0.29) is 22.2 Å². The first kappa shape index (κ1) is 26.7. The van der Waals surface area contributed by atoms with Crippen LogP contribution in [0, 0.1) is 0 Å². The number of cyclic esters (lactones) is 1. The molecule has 0 fully saturated rings. The quantitative estimate of drug-likeness (QED) is 0.125. The van der Waals surface area contributed by atoms with Crippen molar-refractivity contribution in [1.29, 1.82) is 0 Å². The molecule has 3 aromatic carbocycles. The second kappa shape index (κ2) is 11.1. The van der Waals surface area contributed by atoms with Crippen molar-refractivity contribution in [1.82, 2.24) is 0 Å². The van der Waals surface area contributed by atoms with Gasteiger partial charge in [0, 0.05) is 25.7 Å². The minimum Gasteiger partial charge on any atom is -0.493 e. The van der Waals surface area contributed by atoms with E-state index in [1.54, 1.807) is 30.3 Å². The first-order chi connectivity index (χ1) is 18.8. The average molecular weight is 629 g/mol. The van der Waals surface area contributed by atoms with Crippen molar-refractivity contribution in [2.45, 2.75) is 0 Å². The maximum atomic E-state index is 13.1. The minimum absolute atomic E-state index is 0.00838. The number of hydrogen-bond donors (Lipinski definition) is 0. The normalized spacial score (nSPS) is 13.8. The zero-order chi connectivity index (χ0) is 27.7. The Morgan fingerprint density at radius 3 is 2.38 bits per heavy atom. The van der Waals surface area contributed by atoms with Gasteiger partial charge >= 0.3 is 11.9 Å². The topological polar surface area (TPSA) is 92.7 Å². The van der Waals surface area contributed by atoms with E-state index in [1.807, 2.05) is 24.3 Å². The number of aliphatic imine (C=N–C) groups is 1. The molecule has 0 N–H and O–H groups in total. The van der Waals surface area contributed by atoms with E-state index in [0.717, 1.165) is 10.1 Å². The molecular weight excluding hydrogens is 610 g/mol. The number of methoxy groups -OCH3 is 3. The van der Waals surface area contributed by atoms with E-state index >= 15 is 0 Å². The van der Waals surface area contributed by atoms with Crippen molar-refractivity contribution < 1.29 is 33.3 Å². The van der Waals surface area contributed by atoms with Gasteiger partial charge in [-0.2, -0.15) is 0 Å². The summed E-state index contributed by atoms with van der Waals surface area (Å²) in [6.45, 7) is 0. The standard InChI is InChI=1S/C28H19BrClNO7S/c1-34-20-12-15(13-21(35-2)24(20)36-3)26-31-18(27(32)38-26)11-14-10-16(29)8-9-19(14)37-28(33)25-23(30)17-6-4-5-7-22(17)39-25/h4-13H,1-3H3/b18-11+. The van der Waals surface area contributed by atoms with Gasteiger partial charge in [0.15, 0.2) is 17.2 Å². The van der Waals surface area contributed by atoms with Gasteiger partial charge in [-0.1, -0.05) is 45.7 Å². The van der Waals surface area contributed by atoms with Crippen LogP contribution in [0.15, 0.2) is 69.8 Å². The van der Waals surface area contributed by atoms with Crippen molar-refractivity contribution in [3.8, 4) is 23.0 Å². The maximum absolute atomic E-state index is 13.1. The van der Waals surface area contributed by atoms with Crippen LogP contribution in [0.4, 0.5) is 0 Å². The maximum Gasteiger partial charge on any atom is 0.363 e. The molecule has 5 rings (SSSR count). The van der Waals surface area contributed by atoms with Crippen molar-refractivity contribution in [3.05, 3.63) is 85.8 Å². The van der Waals surface area contributed by atoms with Gasteiger partial charge in [0.1, 0.15) is 10.6 Å². The number of halogens is 2. The summed E-state index contributed by atoms with van der Waals surface area (Å²) in [5, 5.41) is 1.10. The highest BCUT2D eigenvalue weighted by molar-refractivity contribution is 9.10. The summed E-state index contributed by atoms with van der Waals surface area (Å²) < 4.78 is 28.8. The number of rotatable bonds is 7. The summed E-state index contributed by atoms with van der Waals surface area (Å²) in [5.74, 6) is 0.129. The molecule has 0 saturated carbocycles. The number of nitrogens with zero attached hydrogens (tertiary/aromatic N) is 1. The lowest BCUT2D eigenvalue weighted by atomic mass is 10.1. The molecule has 0 amide bonds. The smallest absolute Gasteiger partial charge is 0.363 e. The molecular formula is C28H19BrClNO7S. The van der Waals surface area contributed by atoms with Crippen LogP contribution in [0.5, 0.6) is 23.0 Å². The fraction of sp³-hybridized carbons (Fsp3) is 0.107. The second-order valence-electron chi connectivity index (χ2n) is 8.06. The summed E-state index contributed by atoms with van der Waals surface area (Å²) in [7, 11) is 4.46. The Bertz CT molecular complexity index is 1670. The highest BCUT2D eigenvalue weighted by Crippen LogP contribution is 2.40. The zero-order valence-electron chi connectivity index (χ0n) is 20.7. The van der Waals surface area contributed by atoms with Crippen LogP contribution in [-0.2, 0) is 9.53 Å². The zero-order valence-corrected chi connectivity index (χ0v) is 23.9. The molecule has 11 heteroatoms. The third-order valence-electron chi connectivity index (χ3n) is 5.72. The summed E-state index contributed by atoms with van der Waals surface area (Å²) in [6.07, 6.45) is 1.48. The Balaban J connectivity index is 1.49. The lowest BCUT2D eigenvalue weighted by Crippen LogP contribution is -2.08. The molecule has 0 saturated heterocycles. The summed E-state index contributed by atoms with van der Waals surface area (Å²) in [6, 6.07) is 15.7. The number of esters is 2. The highest BCUT2D eigenvalue weighted by Gasteiger charge is 2.27. The van der Waals surface area contributed by atoms with E-state index in [9.17, 15) is 9.59 Å². The Morgan fingerprint density at radius 2 is 1.72 bits per heavy atom. The van der Waals surface area contributed by atoms with E-state index in [2.05, 4.69) is 20.9 Å². The molecule has 39 heavy (non-hydrogen) atoms. The van der Waals surface area contributed by atoms with Crippen molar-refractivity contribution >= 4 is 72.9 Å². The summed E-state index contributed by atoms with van der Waals surface area (Å²) in [5.41, 5.74) is 0.882. The molecule has 0 aliphatic carbocycles. The van der Waals surface area contributed by atoms with E-state index in [0.29, 0.717) is 37.9 Å². The van der Waals surface area contributed by atoms with Gasteiger partial charge in [0.2, 0.25) is 11.6 Å². The Kier molecular flexibility index (Phi) is 7.60. The van der Waals surface area contributed by atoms with Crippen LogP contribution in [0.3, 0.4) is 0 Å². The molecule has 0 spiro atoms. The molecule has 198 valence electrons. The monoisotopic (exact) mass is 627 g/mol. The average Bonchev–Trinajstić information content (AvgIpc) is 3.48. The summed E-state index contributed by atoms with van der Waals surface area (Å²) in [4.78, 5) is 30.5. The van der Waals surface area contributed by atoms with Crippen molar-refractivity contribution in [3.63, 3.8) is 0 Å². The Labute approximate surface area is 240 Å². The van der Waals surface area contributed by atoms with Crippen LogP contribution < -0.4 is 18.9 Å². The van der Waals surface area contributed by atoms with E-state index in [1.165, 1.54) is 38.7 Å². The minimum atomic E-state index is -0.677. The van der Waals surface area contributed by atoms with E-state index in [4.69, 9.17) is 35.3 Å². The molecule has 0 bridgehead atoms. The number of carbonyl (C=O) groups is 2. The molecule has 1 aliphatic heterocycles. The first-order valence-corrected chi connectivity index (χ1v) is 13.3. The molecule has 0 atom stereocenters. The van der Waals surface area contributed by atoms with Crippen molar-refractivity contribution in [2.24, 2.45) is 4.99 Å². The summed E-state index contributed by atoms with van der Waals surface area (Å²) >= 11 is 11.1. The lowest BCUT2D eigenvalue weighted by Gasteiger charge is -2.13. The van der Waals surface area contributed by atoms with Gasteiger partial charge in [0.05, 0.1) is 26.4 Å². The van der Waals surface area contributed by atoms with Gasteiger partial charge in [-0.3, -0.25) is 0 Å². The van der Waals surface area contributed by atoms with E-state index < -0.39 is 11.9 Å². The predicted molar refractivity (Wildman–Crippen MR) is 153 cm³/mol. The second-order valence-corrected chi connectivity index (χ2v) is 10.4. The molecule has 0 unspecified atom stereocenters. The van der Waals surface area contributed by atoms with Gasteiger partial charge in [-0.05, 0) is 42.5 Å². The van der Waals surface area contributed by atoms with Crippen LogP contribution in [0.1, 0.15) is 20.8 Å². The van der Waals surface area contributed by atoms with Crippen LogP contribution in [-0.4, -0.2) is 39.2 Å². The number of carbonyl (C=O) groups excluding carboxylic acids is 2. The van der Waals surface area contributed by atoms with Crippen LogP contribution >= 0.6 is 38.9 Å². The number of fused-ring (bicyclic) bond motifs is 1. The van der Waals surface area contributed by atoms with Gasteiger partial charge in [-0.25, -0.2) is 14.6 Å². The van der Waals surface area contributed by atoms with Gasteiger partial charge in [-0.15, -0.1) is 11.3 Å². The van der Waals surface area contributed by atoms with Gasteiger partial charge < -0.3 is 23.7 Å². The molecule has 2 heterocycles. The Hall–Kier alpha value is -3.86. The molecule has 4 aromatic rings. The highest BCUT2D eigenvalue weighted by atomic mass is 79.9. The predicted octanol–water partition coefficient (Wildman–Crippen LogP) is 6.91. The largest absolute Gasteiger partial charge is 0.493 e. The number of hydrogen-bond acceptors (Lipinski definition) is 9. The third kappa shape index (κ3) is 5.23. The number of benzene rings is 3. The lowest BCUT2D eigenvalue weighted by molar-refractivity contribution is -0.129. The fourth-order valence-corrected chi connectivity index (χ4v) is 5.66. The molecule has 1 aromatic heterocycles.